The minimum absolute atomic E-state index is 0.202. The molecule has 3 N–H and O–H groups in total. The summed E-state index contributed by atoms with van der Waals surface area (Å²) in [6.45, 7) is 4.02. The highest BCUT2D eigenvalue weighted by Gasteiger charge is 2.06. The molecule has 0 fully saturated rings. The Labute approximate surface area is 116 Å². The molecule has 1 unspecified atom stereocenters. The largest absolute Gasteiger partial charge is 0.397 e. The van der Waals surface area contributed by atoms with Crippen LogP contribution >= 0.6 is 15.9 Å². The number of benzene rings is 1. The van der Waals surface area contributed by atoms with Gasteiger partial charge in [-0.2, -0.15) is 0 Å². The first-order chi connectivity index (χ1) is 8.56. The van der Waals surface area contributed by atoms with Crippen molar-refractivity contribution in [2.75, 3.05) is 11.1 Å². The number of aromatic nitrogens is 1. The predicted octanol–water partition coefficient (Wildman–Crippen LogP) is 3.91. The summed E-state index contributed by atoms with van der Waals surface area (Å²) in [5, 5.41) is 3.36. The lowest BCUT2D eigenvalue weighted by atomic mass is 10.1. The van der Waals surface area contributed by atoms with Gasteiger partial charge in [-0.25, -0.2) is 4.98 Å². The number of hydrogen-bond donors (Lipinski definition) is 2. The van der Waals surface area contributed by atoms with E-state index in [1.165, 1.54) is 5.56 Å². The number of rotatable bonds is 3. The molecule has 3 nitrogen and oxygen atoms in total. The summed E-state index contributed by atoms with van der Waals surface area (Å²) in [5.41, 5.74) is 8.54. The average molecular weight is 306 g/mol. The van der Waals surface area contributed by atoms with Crippen molar-refractivity contribution >= 4 is 27.4 Å². The number of nitrogens with zero attached hydrogens (tertiary/aromatic N) is 1. The maximum absolute atomic E-state index is 5.75. The number of halogens is 1. The SMILES string of the molecule is Cc1nc(NC(C)c2ccc(Br)cc2)ccc1N. The van der Waals surface area contributed by atoms with Crippen molar-refractivity contribution in [1.82, 2.24) is 4.98 Å². The molecule has 1 heterocycles. The summed E-state index contributed by atoms with van der Waals surface area (Å²) in [4.78, 5) is 4.41. The molecule has 94 valence electrons. The molecule has 0 radical (unpaired) electrons. The average Bonchev–Trinajstić information content (AvgIpc) is 2.34. The van der Waals surface area contributed by atoms with Crippen molar-refractivity contribution in [3.8, 4) is 0 Å². The molecule has 0 bridgehead atoms. The van der Waals surface area contributed by atoms with Crippen LogP contribution in [0.25, 0.3) is 0 Å². The van der Waals surface area contributed by atoms with E-state index in [1.807, 2.05) is 31.2 Å². The Balaban J connectivity index is 2.13. The molecule has 1 aromatic heterocycles. The van der Waals surface area contributed by atoms with Gasteiger partial charge in [0.15, 0.2) is 0 Å². The highest BCUT2D eigenvalue weighted by molar-refractivity contribution is 9.10. The Morgan fingerprint density at radius 3 is 2.44 bits per heavy atom. The second-order valence-corrected chi connectivity index (χ2v) is 5.20. The van der Waals surface area contributed by atoms with Crippen molar-refractivity contribution in [2.45, 2.75) is 19.9 Å². The highest BCUT2D eigenvalue weighted by Crippen LogP contribution is 2.21. The van der Waals surface area contributed by atoms with Crippen LogP contribution in [0, 0.1) is 6.92 Å². The van der Waals surface area contributed by atoms with E-state index >= 15 is 0 Å². The number of hydrogen-bond acceptors (Lipinski definition) is 3. The minimum Gasteiger partial charge on any atom is -0.397 e. The molecule has 0 saturated carbocycles. The Kier molecular flexibility index (Phi) is 3.87. The molecule has 0 amide bonds. The maximum atomic E-state index is 5.75. The van der Waals surface area contributed by atoms with Crippen LogP contribution < -0.4 is 11.1 Å². The van der Waals surface area contributed by atoms with Gasteiger partial charge in [-0.05, 0) is 43.7 Å². The number of nitrogen functional groups attached to an aromatic ring is 1. The molecular weight excluding hydrogens is 290 g/mol. The molecule has 0 aliphatic heterocycles. The summed E-state index contributed by atoms with van der Waals surface area (Å²) in [6, 6.07) is 12.2. The van der Waals surface area contributed by atoms with Crippen LogP contribution in [0.4, 0.5) is 11.5 Å². The zero-order valence-electron chi connectivity index (χ0n) is 10.4. The Bertz CT molecular complexity index is 537. The molecule has 1 aromatic carbocycles. The fourth-order valence-electron chi connectivity index (χ4n) is 1.71. The van der Waals surface area contributed by atoms with Gasteiger partial charge in [0.25, 0.3) is 0 Å². The van der Waals surface area contributed by atoms with Crippen LogP contribution in [0.2, 0.25) is 0 Å². The first-order valence-electron chi connectivity index (χ1n) is 5.81. The molecule has 0 aliphatic rings. The topological polar surface area (TPSA) is 50.9 Å². The van der Waals surface area contributed by atoms with Gasteiger partial charge in [0.05, 0.1) is 11.4 Å². The first-order valence-corrected chi connectivity index (χ1v) is 6.60. The molecule has 0 saturated heterocycles. The third-order valence-corrected chi connectivity index (χ3v) is 3.39. The monoisotopic (exact) mass is 305 g/mol. The Morgan fingerprint density at radius 2 is 1.83 bits per heavy atom. The van der Waals surface area contributed by atoms with Crippen molar-refractivity contribution in [1.29, 1.82) is 0 Å². The number of nitrogens with two attached hydrogens (primary N) is 1. The molecular formula is C14H16BrN3. The number of anilines is 2. The third kappa shape index (κ3) is 3.01. The van der Waals surface area contributed by atoms with Crippen LogP contribution in [-0.4, -0.2) is 4.98 Å². The van der Waals surface area contributed by atoms with Gasteiger partial charge in [0, 0.05) is 10.5 Å². The van der Waals surface area contributed by atoms with Crippen LogP contribution in [0.1, 0.15) is 24.2 Å². The van der Waals surface area contributed by atoms with E-state index in [0.717, 1.165) is 21.7 Å². The zero-order valence-corrected chi connectivity index (χ0v) is 12.0. The fourth-order valence-corrected chi connectivity index (χ4v) is 1.97. The first kappa shape index (κ1) is 12.9. The van der Waals surface area contributed by atoms with E-state index in [9.17, 15) is 0 Å². The molecule has 18 heavy (non-hydrogen) atoms. The fraction of sp³-hybridized carbons (Fsp3) is 0.214. The van der Waals surface area contributed by atoms with Crippen molar-refractivity contribution in [3.05, 3.63) is 52.1 Å². The molecule has 0 aliphatic carbocycles. The van der Waals surface area contributed by atoms with Gasteiger partial charge in [-0.3, -0.25) is 0 Å². The van der Waals surface area contributed by atoms with Gasteiger partial charge in [-0.15, -0.1) is 0 Å². The highest BCUT2D eigenvalue weighted by atomic mass is 79.9. The molecule has 2 rings (SSSR count). The summed E-state index contributed by atoms with van der Waals surface area (Å²) >= 11 is 3.43. The summed E-state index contributed by atoms with van der Waals surface area (Å²) < 4.78 is 1.08. The predicted molar refractivity (Wildman–Crippen MR) is 79.6 cm³/mol. The molecule has 1 atom stereocenters. The van der Waals surface area contributed by atoms with E-state index in [2.05, 4.69) is 45.3 Å². The summed E-state index contributed by atoms with van der Waals surface area (Å²) in [6.07, 6.45) is 0. The summed E-state index contributed by atoms with van der Waals surface area (Å²) in [5.74, 6) is 0.845. The Hall–Kier alpha value is -1.55. The van der Waals surface area contributed by atoms with Gasteiger partial charge in [0.1, 0.15) is 5.82 Å². The van der Waals surface area contributed by atoms with E-state index < -0.39 is 0 Å². The smallest absolute Gasteiger partial charge is 0.126 e. The number of nitrogens with one attached hydrogen (secondary N) is 1. The maximum Gasteiger partial charge on any atom is 0.126 e. The lowest BCUT2D eigenvalue weighted by Gasteiger charge is -2.15. The molecule has 2 aromatic rings. The van der Waals surface area contributed by atoms with E-state index in [-0.39, 0.29) is 6.04 Å². The number of aryl methyl sites for hydroxylation is 1. The quantitative estimate of drug-likeness (QED) is 0.904. The van der Waals surface area contributed by atoms with Crippen molar-refractivity contribution in [3.63, 3.8) is 0 Å². The lowest BCUT2D eigenvalue weighted by Crippen LogP contribution is -2.08. The van der Waals surface area contributed by atoms with Gasteiger partial charge < -0.3 is 11.1 Å². The van der Waals surface area contributed by atoms with E-state index in [0.29, 0.717) is 0 Å². The zero-order chi connectivity index (χ0) is 13.1. The Morgan fingerprint density at radius 1 is 1.17 bits per heavy atom. The normalized spacial score (nSPS) is 12.2. The molecule has 0 spiro atoms. The van der Waals surface area contributed by atoms with Gasteiger partial charge in [0.2, 0.25) is 0 Å². The minimum atomic E-state index is 0.202. The van der Waals surface area contributed by atoms with Crippen LogP contribution in [0.3, 0.4) is 0 Å². The van der Waals surface area contributed by atoms with Gasteiger partial charge >= 0.3 is 0 Å². The van der Waals surface area contributed by atoms with E-state index in [1.54, 1.807) is 0 Å². The van der Waals surface area contributed by atoms with Crippen LogP contribution in [0.15, 0.2) is 40.9 Å². The number of pyridine rings is 1. The van der Waals surface area contributed by atoms with Crippen molar-refractivity contribution in [2.24, 2.45) is 0 Å². The lowest BCUT2D eigenvalue weighted by molar-refractivity contribution is 0.872. The van der Waals surface area contributed by atoms with Crippen molar-refractivity contribution < 1.29 is 0 Å². The van der Waals surface area contributed by atoms with Gasteiger partial charge in [-0.1, -0.05) is 28.1 Å². The molecule has 4 heteroatoms. The van der Waals surface area contributed by atoms with E-state index in [4.69, 9.17) is 5.73 Å². The second-order valence-electron chi connectivity index (χ2n) is 4.29. The second kappa shape index (κ2) is 5.40. The standard InChI is InChI=1S/C14H16BrN3/c1-9(11-3-5-12(15)6-4-11)17-14-8-7-13(16)10(2)18-14/h3-9H,16H2,1-2H3,(H,17,18). The summed E-state index contributed by atoms with van der Waals surface area (Å²) in [7, 11) is 0. The third-order valence-electron chi connectivity index (χ3n) is 2.86. The van der Waals surface area contributed by atoms with Crippen LogP contribution in [0.5, 0.6) is 0 Å². The van der Waals surface area contributed by atoms with Crippen LogP contribution in [-0.2, 0) is 0 Å².